The number of rotatable bonds is 2. The number of nitrogens with zero attached hydrogens (tertiary/aromatic N) is 3. The van der Waals surface area contributed by atoms with Gasteiger partial charge < -0.3 is 10.0 Å². The molecule has 1 aliphatic heterocycles. The maximum Gasteiger partial charge on any atom is 0.326 e. The molecule has 0 aromatic carbocycles. The summed E-state index contributed by atoms with van der Waals surface area (Å²) in [6.07, 6.45) is 2.83. The second kappa shape index (κ2) is 4.79. The van der Waals surface area contributed by atoms with Crippen LogP contribution in [0.2, 0.25) is 5.15 Å². The molecular weight excluding hydrogens is 282 g/mol. The van der Waals surface area contributed by atoms with Gasteiger partial charge in [0.05, 0.1) is 0 Å². The van der Waals surface area contributed by atoms with Crippen LogP contribution in [0, 0.1) is 0 Å². The van der Waals surface area contributed by atoms with E-state index >= 15 is 0 Å². The summed E-state index contributed by atoms with van der Waals surface area (Å²) < 4.78 is 1.59. The standard InChI is InChI=1S/C13H12ClN3O3/c14-11-10(17-6-2-1-5-9(17)15-11)12(18)16-7-3-4-8(16)13(19)20/h1-2,5-6,8H,3-4,7H2,(H,19,20)/t8-/m0/s1. The highest BCUT2D eigenvalue weighted by Gasteiger charge is 2.36. The predicted octanol–water partition coefficient (Wildman–Crippen LogP) is 1.68. The van der Waals surface area contributed by atoms with E-state index in [9.17, 15) is 9.59 Å². The maximum absolute atomic E-state index is 12.6. The first-order chi connectivity index (χ1) is 9.59. The Balaban J connectivity index is 2.04. The van der Waals surface area contributed by atoms with Crippen LogP contribution in [0.1, 0.15) is 23.3 Å². The van der Waals surface area contributed by atoms with Crippen molar-refractivity contribution >= 4 is 29.1 Å². The second-order valence-electron chi connectivity index (χ2n) is 4.67. The van der Waals surface area contributed by atoms with Gasteiger partial charge in [-0.1, -0.05) is 17.7 Å². The van der Waals surface area contributed by atoms with Crippen molar-refractivity contribution < 1.29 is 14.7 Å². The monoisotopic (exact) mass is 293 g/mol. The third-order valence-corrected chi connectivity index (χ3v) is 3.75. The zero-order valence-corrected chi connectivity index (χ0v) is 11.2. The van der Waals surface area contributed by atoms with Crippen molar-refractivity contribution in [3.63, 3.8) is 0 Å². The van der Waals surface area contributed by atoms with Gasteiger partial charge in [-0.3, -0.25) is 9.20 Å². The van der Waals surface area contributed by atoms with E-state index < -0.39 is 17.9 Å². The topological polar surface area (TPSA) is 74.9 Å². The SMILES string of the molecule is O=C(O)[C@@H]1CCCN1C(=O)c1c(Cl)nc2ccccn12. The number of hydrogen-bond donors (Lipinski definition) is 1. The molecule has 1 saturated heterocycles. The summed E-state index contributed by atoms with van der Waals surface area (Å²) in [5.74, 6) is -1.38. The largest absolute Gasteiger partial charge is 0.480 e. The van der Waals surface area contributed by atoms with Crippen LogP contribution in [-0.4, -0.2) is 43.9 Å². The van der Waals surface area contributed by atoms with Gasteiger partial charge in [0.15, 0.2) is 10.8 Å². The summed E-state index contributed by atoms with van der Waals surface area (Å²) >= 11 is 6.04. The molecule has 1 aliphatic rings. The minimum atomic E-state index is -0.985. The summed E-state index contributed by atoms with van der Waals surface area (Å²) in [6.45, 7) is 0.423. The van der Waals surface area contributed by atoms with Gasteiger partial charge in [0.25, 0.3) is 5.91 Å². The first-order valence-corrected chi connectivity index (χ1v) is 6.64. The summed E-state index contributed by atoms with van der Waals surface area (Å²) in [5, 5.41) is 9.26. The fourth-order valence-electron chi connectivity index (χ4n) is 2.56. The van der Waals surface area contributed by atoms with Crippen molar-refractivity contribution in [2.24, 2.45) is 0 Å². The average molecular weight is 294 g/mol. The number of amides is 1. The lowest BCUT2D eigenvalue weighted by Crippen LogP contribution is -2.41. The number of halogens is 1. The molecule has 0 spiro atoms. The number of carboxylic acid groups (broad SMARTS) is 1. The Hall–Kier alpha value is -2.08. The van der Waals surface area contributed by atoms with Crippen molar-refractivity contribution in [1.29, 1.82) is 0 Å². The fourth-order valence-corrected chi connectivity index (χ4v) is 2.82. The molecule has 1 atom stereocenters. The van der Waals surface area contributed by atoms with E-state index in [-0.39, 0.29) is 10.8 Å². The molecule has 7 heteroatoms. The van der Waals surface area contributed by atoms with Crippen molar-refractivity contribution in [2.75, 3.05) is 6.54 Å². The van der Waals surface area contributed by atoms with E-state index in [2.05, 4.69) is 4.98 Å². The summed E-state index contributed by atoms with van der Waals surface area (Å²) in [4.78, 5) is 29.2. The van der Waals surface area contributed by atoms with Crippen LogP contribution < -0.4 is 0 Å². The van der Waals surface area contributed by atoms with E-state index in [4.69, 9.17) is 16.7 Å². The van der Waals surface area contributed by atoms with Gasteiger partial charge in [-0.2, -0.15) is 0 Å². The van der Waals surface area contributed by atoms with Crippen molar-refractivity contribution in [3.8, 4) is 0 Å². The van der Waals surface area contributed by atoms with E-state index in [1.165, 1.54) is 4.90 Å². The number of pyridine rings is 1. The highest BCUT2D eigenvalue weighted by atomic mass is 35.5. The Morgan fingerprint density at radius 1 is 1.40 bits per heavy atom. The van der Waals surface area contributed by atoms with E-state index in [1.54, 1.807) is 28.8 Å². The number of fused-ring (bicyclic) bond motifs is 1. The van der Waals surface area contributed by atoms with Gasteiger partial charge >= 0.3 is 5.97 Å². The molecule has 0 bridgehead atoms. The summed E-state index contributed by atoms with van der Waals surface area (Å²) in [7, 11) is 0. The number of imidazole rings is 1. The number of likely N-dealkylation sites (tertiary alicyclic amines) is 1. The predicted molar refractivity (Wildman–Crippen MR) is 71.9 cm³/mol. The van der Waals surface area contributed by atoms with Gasteiger partial charge in [0.1, 0.15) is 11.7 Å². The van der Waals surface area contributed by atoms with Crippen LogP contribution >= 0.6 is 11.6 Å². The minimum Gasteiger partial charge on any atom is -0.480 e. The number of aromatic nitrogens is 2. The Bertz CT molecular complexity index is 697. The molecule has 104 valence electrons. The number of carboxylic acids is 1. The first kappa shape index (κ1) is 12.9. The van der Waals surface area contributed by atoms with E-state index in [0.717, 1.165) is 0 Å². The van der Waals surface area contributed by atoms with Crippen LogP contribution in [0.15, 0.2) is 24.4 Å². The van der Waals surface area contributed by atoms with Crippen molar-refractivity contribution in [1.82, 2.24) is 14.3 Å². The Kier molecular flexibility index (Phi) is 3.10. The van der Waals surface area contributed by atoms with Gasteiger partial charge in [0.2, 0.25) is 0 Å². The summed E-state index contributed by atoms with van der Waals surface area (Å²) in [5.41, 5.74) is 0.780. The number of carbonyl (C=O) groups excluding carboxylic acids is 1. The Morgan fingerprint density at radius 3 is 2.95 bits per heavy atom. The van der Waals surface area contributed by atoms with Crippen LogP contribution in [0.4, 0.5) is 0 Å². The molecule has 0 unspecified atom stereocenters. The van der Waals surface area contributed by atoms with Crippen LogP contribution in [0.25, 0.3) is 5.65 Å². The third kappa shape index (κ3) is 1.92. The maximum atomic E-state index is 12.6. The quantitative estimate of drug-likeness (QED) is 0.914. The molecule has 0 radical (unpaired) electrons. The van der Waals surface area contributed by atoms with Crippen LogP contribution in [0.3, 0.4) is 0 Å². The van der Waals surface area contributed by atoms with Gasteiger partial charge in [-0.15, -0.1) is 0 Å². The molecule has 3 heterocycles. The number of carbonyl (C=O) groups is 2. The normalized spacial score (nSPS) is 18.6. The van der Waals surface area contributed by atoms with Gasteiger partial charge in [-0.05, 0) is 25.0 Å². The zero-order valence-electron chi connectivity index (χ0n) is 10.5. The number of aliphatic carboxylic acids is 1. The van der Waals surface area contributed by atoms with E-state index in [0.29, 0.717) is 25.0 Å². The molecule has 3 rings (SSSR count). The van der Waals surface area contributed by atoms with Crippen LogP contribution in [-0.2, 0) is 4.79 Å². The first-order valence-electron chi connectivity index (χ1n) is 6.26. The Morgan fingerprint density at radius 2 is 2.20 bits per heavy atom. The smallest absolute Gasteiger partial charge is 0.326 e. The van der Waals surface area contributed by atoms with Gasteiger partial charge in [0, 0.05) is 12.7 Å². The highest BCUT2D eigenvalue weighted by Crippen LogP contribution is 2.24. The van der Waals surface area contributed by atoms with Crippen molar-refractivity contribution in [3.05, 3.63) is 35.2 Å². The molecule has 0 aliphatic carbocycles. The Labute approximate surface area is 119 Å². The van der Waals surface area contributed by atoms with E-state index in [1.807, 2.05) is 0 Å². The molecule has 20 heavy (non-hydrogen) atoms. The van der Waals surface area contributed by atoms with Gasteiger partial charge in [-0.25, -0.2) is 9.78 Å². The number of hydrogen-bond acceptors (Lipinski definition) is 3. The molecule has 1 amide bonds. The lowest BCUT2D eigenvalue weighted by atomic mass is 10.2. The average Bonchev–Trinajstić information content (AvgIpc) is 3.01. The second-order valence-corrected chi connectivity index (χ2v) is 5.03. The molecule has 1 N–H and O–H groups in total. The highest BCUT2D eigenvalue weighted by molar-refractivity contribution is 6.32. The fraction of sp³-hybridized carbons (Fsp3) is 0.308. The molecule has 0 saturated carbocycles. The third-order valence-electron chi connectivity index (χ3n) is 3.49. The van der Waals surface area contributed by atoms with Crippen LogP contribution in [0.5, 0.6) is 0 Å². The molecule has 6 nitrogen and oxygen atoms in total. The molecule has 2 aromatic rings. The lowest BCUT2D eigenvalue weighted by Gasteiger charge is -2.21. The zero-order chi connectivity index (χ0) is 14.3. The molecule has 2 aromatic heterocycles. The lowest BCUT2D eigenvalue weighted by molar-refractivity contribution is -0.141. The molecule has 1 fully saturated rings. The summed E-state index contributed by atoms with van der Waals surface area (Å²) in [6, 6.07) is 4.51. The minimum absolute atomic E-state index is 0.0947. The molecular formula is C13H12ClN3O3. The van der Waals surface area contributed by atoms with Crippen molar-refractivity contribution in [2.45, 2.75) is 18.9 Å².